The number of hydrogen-bond acceptors (Lipinski definition) is 4. The molecule has 0 fully saturated rings. The predicted molar refractivity (Wildman–Crippen MR) is 292 cm³/mol. The number of hydrogen-bond donors (Lipinski definition) is 2. The Bertz CT molecular complexity index is 2120. The molecule has 0 aromatic heterocycles. The third kappa shape index (κ3) is 17.7. The summed E-state index contributed by atoms with van der Waals surface area (Å²) in [4.78, 5) is 26.8. The van der Waals surface area contributed by atoms with Crippen LogP contribution in [0.1, 0.15) is 206 Å². The van der Waals surface area contributed by atoms with Gasteiger partial charge in [-0.1, -0.05) is 242 Å². The van der Waals surface area contributed by atoms with E-state index in [0.29, 0.717) is 11.4 Å². The normalized spacial score (nSPS) is 11.4. The Morgan fingerprint density at radius 2 is 0.667 bits per heavy atom. The molecule has 2 N–H and O–H groups in total. The molecule has 5 aromatic carbocycles. The summed E-state index contributed by atoms with van der Waals surface area (Å²) in [7, 11) is 0. The molecule has 0 amide bonds. The SMILES string of the molecule is CCCCCCCCCCCCNc1ccc(-c2cccc3c(CCCCCCCCCC)c4cccc(-c5ccc(NCCCCCCCCCCCC)c(=O)cc5)c4cc23)ccc1=O. The van der Waals surface area contributed by atoms with Gasteiger partial charge in [0.05, 0.1) is 11.4 Å². The van der Waals surface area contributed by atoms with Gasteiger partial charge in [0.2, 0.25) is 10.9 Å². The second-order valence-corrected chi connectivity index (χ2v) is 19.4. The molecule has 0 atom stereocenters. The number of fused-ring (bicyclic) bond motifs is 2. The van der Waals surface area contributed by atoms with Crippen LogP contribution in [0.2, 0.25) is 0 Å². The molecule has 66 heavy (non-hydrogen) atoms. The minimum absolute atomic E-state index is 0.0312. The van der Waals surface area contributed by atoms with Gasteiger partial charge in [-0.25, -0.2) is 0 Å². The van der Waals surface area contributed by atoms with Crippen molar-refractivity contribution in [2.45, 2.75) is 207 Å². The molecular weight excluding hydrogens is 805 g/mol. The lowest BCUT2D eigenvalue weighted by Crippen LogP contribution is -2.09. The fraction of sp³-hybridized carbons (Fsp3) is 0.548. The van der Waals surface area contributed by atoms with Gasteiger partial charge in [0.1, 0.15) is 0 Å². The fourth-order valence-corrected chi connectivity index (χ4v) is 9.92. The highest BCUT2D eigenvalue weighted by Gasteiger charge is 2.15. The number of aryl methyl sites for hydroxylation is 1. The summed E-state index contributed by atoms with van der Waals surface area (Å²) in [5, 5.41) is 11.9. The Hall–Kier alpha value is -4.44. The average Bonchev–Trinajstić information content (AvgIpc) is 3.64. The van der Waals surface area contributed by atoms with Crippen LogP contribution in [-0.2, 0) is 6.42 Å². The van der Waals surface area contributed by atoms with E-state index in [-0.39, 0.29) is 10.9 Å². The first kappa shape index (κ1) is 52.5. The Morgan fingerprint density at radius 3 is 1.05 bits per heavy atom. The van der Waals surface area contributed by atoms with Crippen LogP contribution in [0, 0.1) is 0 Å². The van der Waals surface area contributed by atoms with E-state index in [2.05, 4.69) is 86.0 Å². The number of anilines is 2. The zero-order valence-electron chi connectivity index (χ0n) is 41.9. The number of rotatable bonds is 35. The highest BCUT2D eigenvalue weighted by molar-refractivity contribution is 6.11. The lowest BCUT2D eigenvalue weighted by molar-refractivity contribution is 0.560. The van der Waals surface area contributed by atoms with Crippen LogP contribution in [0.25, 0.3) is 43.8 Å². The molecule has 4 heteroatoms. The second-order valence-electron chi connectivity index (χ2n) is 19.4. The van der Waals surface area contributed by atoms with Crippen molar-refractivity contribution in [3.05, 3.63) is 117 Å². The van der Waals surface area contributed by atoms with Gasteiger partial charge in [0, 0.05) is 13.1 Å². The average molecular weight is 893 g/mol. The first-order valence-electron chi connectivity index (χ1n) is 27.3. The minimum Gasteiger partial charge on any atom is -0.382 e. The van der Waals surface area contributed by atoms with Crippen LogP contribution in [0.3, 0.4) is 0 Å². The van der Waals surface area contributed by atoms with Gasteiger partial charge in [-0.15, -0.1) is 0 Å². The maximum absolute atomic E-state index is 13.4. The molecule has 0 saturated carbocycles. The monoisotopic (exact) mass is 893 g/mol. The molecule has 0 heterocycles. The van der Waals surface area contributed by atoms with Crippen LogP contribution in [0.4, 0.5) is 11.4 Å². The van der Waals surface area contributed by atoms with Crippen LogP contribution in [0.5, 0.6) is 0 Å². The Balaban J connectivity index is 1.35. The third-order valence-electron chi connectivity index (χ3n) is 14.0. The zero-order chi connectivity index (χ0) is 46.4. The molecule has 5 aromatic rings. The van der Waals surface area contributed by atoms with E-state index in [1.54, 1.807) is 12.1 Å². The van der Waals surface area contributed by atoms with Crippen molar-refractivity contribution in [1.29, 1.82) is 0 Å². The molecule has 0 aliphatic carbocycles. The molecule has 5 rings (SSSR count). The number of nitrogens with one attached hydrogen (secondary N) is 2. The smallest absolute Gasteiger partial charge is 0.201 e. The summed E-state index contributed by atoms with van der Waals surface area (Å²) < 4.78 is 0. The Labute approximate surface area is 401 Å². The highest BCUT2D eigenvalue weighted by Crippen LogP contribution is 2.39. The van der Waals surface area contributed by atoms with Gasteiger partial charge in [-0.3, -0.25) is 9.59 Å². The number of unbranched alkanes of at least 4 members (excludes halogenated alkanes) is 25. The molecule has 0 aliphatic rings. The predicted octanol–water partition coefficient (Wildman–Crippen LogP) is 18.4. The van der Waals surface area contributed by atoms with Gasteiger partial charge < -0.3 is 10.6 Å². The van der Waals surface area contributed by atoms with Crippen LogP contribution >= 0.6 is 0 Å². The molecule has 0 bridgehead atoms. The van der Waals surface area contributed by atoms with E-state index >= 15 is 0 Å². The van der Waals surface area contributed by atoms with Crippen molar-refractivity contribution in [1.82, 2.24) is 0 Å². The molecule has 4 nitrogen and oxygen atoms in total. The summed E-state index contributed by atoms with van der Waals surface area (Å²) in [6.07, 6.45) is 37.3. The summed E-state index contributed by atoms with van der Waals surface area (Å²) in [6, 6.07) is 31.5. The summed E-state index contributed by atoms with van der Waals surface area (Å²) >= 11 is 0. The van der Waals surface area contributed by atoms with Crippen molar-refractivity contribution in [3.63, 3.8) is 0 Å². The minimum atomic E-state index is 0.0312. The Kier molecular flexibility index (Phi) is 25.1. The van der Waals surface area contributed by atoms with Gasteiger partial charge in [-0.05, 0) is 105 Å². The van der Waals surface area contributed by atoms with Gasteiger partial charge >= 0.3 is 0 Å². The quantitative estimate of drug-likeness (QED) is 0.0314. The maximum Gasteiger partial charge on any atom is 0.201 e. The topological polar surface area (TPSA) is 58.2 Å². The first-order valence-corrected chi connectivity index (χ1v) is 27.3. The molecule has 358 valence electrons. The summed E-state index contributed by atoms with van der Waals surface area (Å²) in [5.74, 6) is 0. The van der Waals surface area contributed by atoms with Gasteiger partial charge in [0.25, 0.3) is 0 Å². The van der Waals surface area contributed by atoms with Crippen molar-refractivity contribution in [2.24, 2.45) is 0 Å². The lowest BCUT2D eigenvalue weighted by atomic mass is 9.87. The van der Waals surface area contributed by atoms with Crippen molar-refractivity contribution >= 4 is 32.9 Å². The van der Waals surface area contributed by atoms with E-state index in [0.717, 1.165) is 61.0 Å². The first-order chi connectivity index (χ1) is 32.5. The standard InChI is InChI=1S/C62H88N2O2/c1-4-7-10-13-16-19-21-24-27-30-47-63-59-43-39-50(41-45-61(59)65)52-35-32-37-55-54(34-29-26-23-18-15-12-9-6-3)56-38-33-36-53(58(56)49-57(52)55)51-40-44-60(62(66)46-42-51)64-48-31-28-25-22-20-17-14-11-8-5-2/h32-33,35-46,49H,4-31,34,47-48H2,1-3H3,(H,63,65)(H,64,66). The van der Waals surface area contributed by atoms with E-state index < -0.39 is 0 Å². The summed E-state index contributed by atoms with van der Waals surface area (Å²) in [5.41, 5.74) is 7.16. The molecule has 0 saturated heterocycles. The van der Waals surface area contributed by atoms with Crippen molar-refractivity contribution in [3.8, 4) is 22.3 Å². The van der Waals surface area contributed by atoms with Crippen LogP contribution in [-0.4, -0.2) is 13.1 Å². The van der Waals surface area contributed by atoms with Gasteiger partial charge in [0.15, 0.2) is 0 Å². The maximum atomic E-state index is 13.4. The second kappa shape index (κ2) is 31.5. The van der Waals surface area contributed by atoms with E-state index in [9.17, 15) is 9.59 Å². The van der Waals surface area contributed by atoms with E-state index in [4.69, 9.17) is 0 Å². The largest absolute Gasteiger partial charge is 0.382 e. The van der Waals surface area contributed by atoms with E-state index in [1.807, 2.05) is 24.3 Å². The van der Waals surface area contributed by atoms with Crippen LogP contribution in [0.15, 0.2) is 101 Å². The van der Waals surface area contributed by atoms with Crippen molar-refractivity contribution < 1.29 is 0 Å². The van der Waals surface area contributed by atoms with Gasteiger partial charge in [-0.2, -0.15) is 0 Å². The fourth-order valence-electron chi connectivity index (χ4n) is 9.92. The Morgan fingerprint density at radius 1 is 0.333 bits per heavy atom. The van der Waals surface area contributed by atoms with Crippen LogP contribution < -0.4 is 21.5 Å². The molecule has 0 radical (unpaired) electrons. The third-order valence-corrected chi connectivity index (χ3v) is 14.0. The van der Waals surface area contributed by atoms with E-state index in [1.165, 1.54) is 188 Å². The molecule has 0 unspecified atom stereocenters. The lowest BCUT2D eigenvalue weighted by Gasteiger charge is -2.17. The highest BCUT2D eigenvalue weighted by atomic mass is 16.1. The molecule has 0 spiro atoms. The number of benzene rings is 3. The molecule has 0 aliphatic heterocycles. The molecular formula is C62H88N2O2. The summed E-state index contributed by atoms with van der Waals surface area (Å²) in [6.45, 7) is 8.47. The zero-order valence-corrected chi connectivity index (χ0v) is 41.9. The van der Waals surface area contributed by atoms with Crippen molar-refractivity contribution in [2.75, 3.05) is 23.7 Å².